The van der Waals surface area contributed by atoms with E-state index in [-0.39, 0.29) is 0 Å². The molecule has 0 atom stereocenters. The first kappa shape index (κ1) is 12.4. The Hall–Kier alpha value is -1.68. The van der Waals surface area contributed by atoms with Gasteiger partial charge in [0.1, 0.15) is 5.82 Å². The van der Waals surface area contributed by atoms with Crippen molar-refractivity contribution < 1.29 is 0 Å². The molecule has 3 rings (SSSR count). The van der Waals surface area contributed by atoms with Gasteiger partial charge in [0.15, 0.2) is 0 Å². The van der Waals surface area contributed by atoms with E-state index in [0.717, 1.165) is 28.8 Å². The summed E-state index contributed by atoms with van der Waals surface area (Å²) in [7, 11) is 0. The van der Waals surface area contributed by atoms with Gasteiger partial charge < -0.3 is 4.57 Å². The molecule has 0 amide bonds. The Morgan fingerprint density at radius 3 is 2.84 bits per heavy atom. The summed E-state index contributed by atoms with van der Waals surface area (Å²) in [6.45, 7) is 2.94. The first-order chi connectivity index (χ1) is 9.28. The minimum Gasteiger partial charge on any atom is -0.323 e. The predicted molar refractivity (Wildman–Crippen MR) is 80.2 cm³/mol. The summed E-state index contributed by atoms with van der Waals surface area (Å²) >= 11 is 3.46. The van der Waals surface area contributed by atoms with Crippen molar-refractivity contribution in [3.05, 3.63) is 58.6 Å². The molecule has 2 aromatic heterocycles. The van der Waals surface area contributed by atoms with Crippen molar-refractivity contribution in [1.29, 1.82) is 0 Å². The van der Waals surface area contributed by atoms with Gasteiger partial charge in [-0.25, -0.2) is 4.98 Å². The van der Waals surface area contributed by atoms with E-state index in [1.165, 1.54) is 11.1 Å². The molecule has 0 N–H and O–H groups in total. The maximum atomic E-state index is 4.68. The molecule has 0 aliphatic heterocycles. The lowest BCUT2D eigenvalue weighted by Gasteiger charge is -2.08. The van der Waals surface area contributed by atoms with Crippen LogP contribution in [0.5, 0.6) is 0 Å². The monoisotopic (exact) mass is 315 g/mol. The maximum absolute atomic E-state index is 4.68. The van der Waals surface area contributed by atoms with Crippen molar-refractivity contribution in [3.63, 3.8) is 0 Å². The molecule has 3 nitrogen and oxygen atoms in total. The number of rotatable bonds is 3. The number of imidazole rings is 1. The molecular formula is C15H14BrN3. The molecule has 0 bridgehead atoms. The van der Waals surface area contributed by atoms with Gasteiger partial charge in [0.2, 0.25) is 0 Å². The predicted octanol–water partition coefficient (Wildman–Crippen LogP) is 3.80. The average molecular weight is 316 g/mol. The fourth-order valence-corrected chi connectivity index (χ4v) is 2.71. The molecular weight excluding hydrogens is 302 g/mol. The molecule has 0 saturated carbocycles. The van der Waals surface area contributed by atoms with Gasteiger partial charge in [-0.15, -0.1) is 0 Å². The minimum atomic E-state index is 0.802. The third kappa shape index (κ3) is 2.40. The Morgan fingerprint density at radius 2 is 2.05 bits per heavy atom. The molecule has 0 radical (unpaired) electrons. The van der Waals surface area contributed by atoms with Crippen LogP contribution in [0, 0.1) is 0 Å². The molecule has 4 heteroatoms. The number of pyridine rings is 1. The van der Waals surface area contributed by atoms with Crippen LogP contribution in [-0.2, 0) is 13.0 Å². The topological polar surface area (TPSA) is 30.7 Å². The van der Waals surface area contributed by atoms with E-state index in [9.17, 15) is 0 Å². The standard InChI is InChI=1S/C15H14BrN3/c1-2-15-18-13-5-3-4-6-14(13)19(15)10-11-7-12(16)9-17-8-11/h3-9H,2,10H2,1H3. The smallest absolute Gasteiger partial charge is 0.109 e. The molecule has 96 valence electrons. The van der Waals surface area contributed by atoms with Gasteiger partial charge in [-0.2, -0.15) is 0 Å². The third-order valence-electron chi connectivity index (χ3n) is 3.15. The summed E-state index contributed by atoms with van der Waals surface area (Å²) in [6.07, 6.45) is 4.63. The van der Waals surface area contributed by atoms with Crippen LogP contribution in [0.4, 0.5) is 0 Å². The molecule has 2 heterocycles. The molecule has 19 heavy (non-hydrogen) atoms. The molecule has 3 aromatic rings. The highest BCUT2D eigenvalue weighted by atomic mass is 79.9. The zero-order valence-electron chi connectivity index (χ0n) is 10.7. The largest absolute Gasteiger partial charge is 0.323 e. The van der Waals surface area contributed by atoms with E-state index in [4.69, 9.17) is 0 Å². The summed E-state index contributed by atoms with van der Waals surface area (Å²) in [5.41, 5.74) is 3.41. The fraction of sp³-hybridized carbons (Fsp3) is 0.200. The van der Waals surface area contributed by atoms with Gasteiger partial charge in [0.05, 0.1) is 17.6 Å². The number of para-hydroxylation sites is 2. The average Bonchev–Trinajstić information content (AvgIpc) is 2.77. The number of aromatic nitrogens is 3. The van der Waals surface area contributed by atoms with Gasteiger partial charge in [0, 0.05) is 23.3 Å². The Bertz CT molecular complexity index is 718. The van der Waals surface area contributed by atoms with Crippen molar-refractivity contribution in [2.45, 2.75) is 19.9 Å². The van der Waals surface area contributed by atoms with Crippen LogP contribution in [0.1, 0.15) is 18.3 Å². The van der Waals surface area contributed by atoms with Crippen LogP contribution in [0.25, 0.3) is 11.0 Å². The molecule has 1 aromatic carbocycles. The summed E-state index contributed by atoms with van der Waals surface area (Å²) in [5.74, 6) is 1.11. The van der Waals surface area contributed by atoms with Crippen molar-refractivity contribution in [3.8, 4) is 0 Å². The first-order valence-corrected chi connectivity index (χ1v) is 7.11. The van der Waals surface area contributed by atoms with Gasteiger partial charge in [-0.05, 0) is 39.7 Å². The number of hydrogen-bond donors (Lipinski definition) is 0. The SMILES string of the molecule is CCc1nc2ccccc2n1Cc1cncc(Br)c1. The number of hydrogen-bond acceptors (Lipinski definition) is 2. The van der Waals surface area contributed by atoms with Gasteiger partial charge >= 0.3 is 0 Å². The molecule has 0 aliphatic carbocycles. The number of nitrogens with zero attached hydrogens (tertiary/aromatic N) is 3. The second kappa shape index (κ2) is 5.13. The molecule has 0 fully saturated rings. The van der Waals surface area contributed by atoms with Crippen LogP contribution in [0.2, 0.25) is 0 Å². The highest BCUT2D eigenvalue weighted by molar-refractivity contribution is 9.10. The number of fused-ring (bicyclic) bond motifs is 1. The van der Waals surface area contributed by atoms with E-state index in [2.05, 4.69) is 61.7 Å². The highest BCUT2D eigenvalue weighted by Gasteiger charge is 2.09. The van der Waals surface area contributed by atoms with Crippen molar-refractivity contribution in [1.82, 2.24) is 14.5 Å². The van der Waals surface area contributed by atoms with E-state index < -0.39 is 0 Å². The zero-order chi connectivity index (χ0) is 13.2. The van der Waals surface area contributed by atoms with Crippen LogP contribution >= 0.6 is 15.9 Å². The Labute approximate surface area is 120 Å². The van der Waals surface area contributed by atoms with Crippen LogP contribution in [0.15, 0.2) is 47.2 Å². The molecule has 0 saturated heterocycles. The summed E-state index contributed by atoms with van der Waals surface area (Å²) < 4.78 is 3.27. The normalized spacial score (nSPS) is 11.1. The van der Waals surface area contributed by atoms with Gasteiger partial charge in [-0.3, -0.25) is 4.98 Å². The lowest BCUT2D eigenvalue weighted by molar-refractivity contribution is 0.750. The fourth-order valence-electron chi connectivity index (χ4n) is 2.30. The van der Waals surface area contributed by atoms with Crippen molar-refractivity contribution in [2.75, 3.05) is 0 Å². The Kier molecular flexibility index (Phi) is 3.34. The summed E-state index contributed by atoms with van der Waals surface area (Å²) in [6, 6.07) is 10.4. The number of benzene rings is 1. The van der Waals surface area contributed by atoms with Crippen molar-refractivity contribution >= 4 is 27.0 Å². The van der Waals surface area contributed by atoms with E-state index in [1.807, 2.05) is 12.3 Å². The number of aryl methyl sites for hydroxylation is 1. The van der Waals surface area contributed by atoms with Crippen LogP contribution < -0.4 is 0 Å². The lowest BCUT2D eigenvalue weighted by atomic mass is 10.2. The summed E-state index contributed by atoms with van der Waals surface area (Å²) in [4.78, 5) is 8.90. The van der Waals surface area contributed by atoms with E-state index >= 15 is 0 Å². The molecule has 0 unspecified atom stereocenters. The quantitative estimate of drug-likeness (QED) is 0.736. The van der Waals surface area contributed by atoms with E-state index in [0.29, 0.717) is 0 Å². The molecule has 0 spiro atoms. The maximum Gasteiger partial charge on any atom is 0.109 e. The Morgan fingerprint density at radius 1 is 1.21 bits per heavy atom. The highest BCUT2D eigenvalue weighted by Crippen LogP contribution is 2.19. The second-order valence-electron chi connectivity index (χ2n) is 4.47. The lowest BCUT2D eigenvalue weighted by Crippen LogP contribution is -2.04. The Balaban J connectivity index is 2.08. The van der Waals surface area contributed by atoms with Gasteiger partial charge in [-0.1, -0.05) is 19.1 Å². The van der Waals surface area contributed by atoms with Crippen LogP contribution in [0.3, 0.4) is 0 Å². The summed E-state index contributed by atoms with van der Waals surface area (Å²) in [5, 5.41) is 0. The third-order valence-corrected chi connectivity index (χ3v) is 3.59. The van der Waals surface area contributed by atoms with E-state index in [1.54, 1.807) is 6.20 Å². The van der Waals surface area contributed by atoms with Crippen molar-refractivity contribution in [2.24, 2.45) is 0 Å². The first-order valence-electron chi connectivity index (χ1n) is 6.31. The molecule has 0 aliphatic rings. The van der Waals surface area contributed by atoms with Gasteiger partial charge in [0.25, 0.3) is 0 Å². The number of halogens is 1. The minimum absolute atomic E-state index is 0.802. The zero-order valence-corrected chi connectivity index (χ0v) is 12.3. The van der Waals surface area contributed by atoms with Crippen LogP contribution in [-0.4, -0.2) is 14.5 Å². The second-order valence-corrected chi connectivity index (χ2v) is 5.38.